The highest BCUT2D eigenvalue weighted by atomic mass is 16.5. The quantitative estimate of drug-likeness (QED) is 0.623. The third-order valence-electron chi connectivity index (χ3n) is 3.40. The molecule has 1 saturated carbocycles. The van der Waals surface area contributed by atoms with Gasteiger partial charge in [0, 0.05) is 26.2 Å². The average molecular weight is 169 g/mol. The first-order valence-electron chi connectivity index (χ1n) is 5.17. The van der Waals surface area contributed by atoms with Crippen LogP contribution in [0.5, 0.6) is 0 Å². The second-order valence-corrected chi connectivity index (χ2v) is 4.06. The van der Waals surface area contributed by atoms with Gasteiger partial charge in [-0.15, -0.1) is 0 Å². The molecule has 0 radical (unpaired) electrons. The van der Waals surface area contributed by atoms with Crippen LogP contribution in [0.4, 0.5) is 0 Å². The van der Waals surface area contributed by atoms with Gasteiger partial charge in [0.05, 0.1) is 6.10 Å². The van der Waals surface area contributed by atoms with E-state index in [1.54, 1.807) is 0 Å². The van der Waals surface area contributed by atoms with Gasteiger partial charge in [-0.3, -0.25) is 0 Å². The molecule has 0 atom stereocenters. The van der Waals surface area contributed by atoms with Crippen molar-refractivity contribution in [1.82, 2.24) is 4.90 Å². The largest absolute Gasteiger partial charge is 0.381 e. The van der Waals surface area contributed by atoms with E-state index >= 15 is 0 Å². The Bertz CT molecular complexity index is 137. The van der Waals surface area contributed by atoms with Gasteiger partial charge in [-0.25, -0.2) is 0 Å². The van der Waals surface area contributed by atoms with Gasteiger partial charge < -0.3 is 9.64 Å². The van der Waals surface area contributed by atoms with Gasteiger partial charge in [0.2, 0.25) is 0 Å². The molecule has 0 amide bonds. The Balaban J connectivity index is 1.74. The van der Waals surface area contributed by atoms with Crippen molar-refractivity contribution in [1.29, 1.82) is 0 Å². The molecule has 0 spiro atoms. The predicted molar refractivity (Wildman–Crippen MR) is 49.2 cm³/mol. The van der Waals surface area contributed by atoms with E-state index < -0.39 is 0 Å². The highest BCUT2D eigenvalue weighted by molar-refractivity contribution is 4.83. The van der Waals surface area contributed by atoms with Crippen molar-refractivity contribution in [2.75, 3.05) is 20.2 Å². The maximum atomic E-state index is 5.34. The zero-order valence-corrected chi connectivity index (χ0v) is 7.96. The van der Waals surface area contributed by atoms with E-state index in [4.69, 9.17) is 4.74 Å². The summed E-state index contributed by atoms with van der Waals surface area (Å²) in [5.74, 6) is 0. The minimum absolute atomic E-state index is 0.543. The summed E-state index contributed by atoms with van der Waals surface area (Å²) in [5.41, 5.74) is 0. The van der Waals surface area contributed by atoms with Crippen LogP contribution in [0.3, 0.4) is 0 Å². The van der Waals surface area contributed by atoms with Crippen molar-refractivity contribution in [3.05, 3.63) is 0 Å². The number of hydrogen-bond acceptors (Lipinski definition) is 2. The molecule has 0 bridgehead atoms. The van der Waals surface area contributed by atoms with Gasteiger partial charge in [0.15, 0.2) is 0 Å². The highest BCUT2D eigenvalue weighted by Gasteiger charge is 2.28. The normalized spacial score (nSPS) is 28.8. The highest BCUT2D eigenvalue weighted by Crippen LogP contribution is 2.27. The molecule has 2 rings (SSSR count). The molecule has 0 aromatic heterocycles. The van der Waals surface area contributed by atoms with Crippen molar-refractivity contribution < 1.29 is 4.74 Å². The van der Waals surface area contributed by atoms with E-state index in [0.29, 0.717) is 6.10 Å². The molecular weight excluding hydrogens is 150 g/mol. The van der Waals surface area contributed by atoms with Crippen LogP contribution >= 0.6 is 0 Å². The molecular formula is C10H19NO. The van der Waals surface area contributed by atoms with Crippen LogP contribution in [0, 0.1) is 0 Å². The molecule has 0 aromatic rings. The van der Waals surface area contributed by atoms with Gasteiger partial charge in [-0.2, -0.15) is 0 Å². The molecule has 1 aliphatic carbocycles. The van der Waals surface area contributed by atoms with Crippen LogP contribution in [-0.4, -0.2) is 37.2 Å². The van der Waals surface area contributed by atoms with Gasteiger partial charge in [-0.1, -0.05) is 6.42 Å². The first-order valence-corrected chi connectivity index (χ1v) is 5.17. The first kappa shape index (κ1) is 8.52. The van der Waals surface area contributed by atoms with Crippen LogP contribution in [-0.2, 0) is 4.74 Å². The van der Waals surface area contributed by atoms with Crippen molar-refractivity contribution in [3.8, 4) is 0 Å². The van der Waals surface area contributed by atoms with Gasteiger partial charge in [-0.05, 0) is 25.7 Å². The minimum atomic E-state index is 0.543. The Morgan fingerprint density at radius 1 is 1.08 bits per heavy atom. The smallest absolute Gasteiger partial charge is 0.0595 e. The monoisotopic (exact) mass is 169 g/mol. The van der Waals surface area contributed by atoms with Crippen LogP contribution in [0.2, 0.25) is 0 Å². The van der Waals surface area contributed by atoms with E-state index in [2.05, 4.69) is 4.90 Å². The molecule has 70 valence electrons. The fourth-order valence-corrected chi connectivity index (χ4v) is 2.23. The number of likely N-dealkylation sites (tertiary alicyclic amines) is 1. The first-order chi connectivity index (χ1) is 5.90. The van der Waals surface area contributed by atoms with Crippen LogP contribution in [0.1, 0.15) is 32.1 Å². The minimum Gasteiger partial charge on any atom is -0.381 e. The Kier molecular flexibility index (Phi) is 2.66. The van der Waals surface area contributed by atoms with E-state index in [0.717, 1.165) is 6.04 Å². The lowest BCUT2D eigenvalue weighted by molar-refractivity contribution is 0.0130. The zero-order chi connectivity index (χ0) is 8.39. The lowest BCUT2D eigenvalue weighted by atomic mass is 9.90. The van der Waals surface area contributed by atoms with Crippen molar-refractivity contribution >= 4 is 0 Å². The molecule has 2 nitrogen and oxygen atoms in total. The maximum Gasteiger partial charge on any atom is 0.0595 e. The Labute approximate surface area is 74.9 Å². The molecule has 0 aromatic carbocycles. The van der Waals surface area contributed by atoms with Crippen molar-refractivity contribution in [3.63, 3.8) is 0 Å². The van der Waals surface area contributed by atoms with Gasteiger partial charge in [0.1, 0.15) is 0 Å². The summed E-state index contributed by atoms with van der Waals surface area (Å²) in [4.78, 5) is 2.65. The lowest BCUT2D eigenvalue weighted by Crippen LogP contribution is -2.46. The van der Waals surface area contributed by atoms with E-state index in [-0.39, 0.29) is 0 Å². The SMILES string of the molecule is COC1CCN(C2CCC2)CC1. The molecule has 1 saturated heterocycles. The summed E-state index contributed by atoms with van der Waals surface area (Å²) in [6.45, 7) is 2.53. The summed E-state index contributed by atoms with van der Waals surface area (Å²) in [7, 11) is 1.84. The maximum absolute atomic E-state index is 5.34. The number of methoxy groups -OCH3 is 1. The number of nitrogens with zero attached hydrogens (tertiary/aromatic N) is 1. The van der Waals surface area contributed by atoms with Crippen LogP contribution in [0.25, 0.3) is 0 Å². The zero-order valence-electron chi connectivity index (χ0n) is 7.96. The molecule has 0 unspecified atom stereocenters. The molecule has 1 heterocycles. The fourth-order valence-electron chi connectivity index (χ4n) is 2.23. The number of hydrogen-bond donors (Lipinski definition) is 0. The fraction of sp³-hybridized carbons (Fsp3) is 1.00. The summed E-state index contributed by atoms with van der Waals surface area (Å²) in [6.07, 6.45) is 7.37. The van der Waals surface area contributed by atoms with Crippen molar-refractivity contribution in [2.45, 2.75) is 44.2 Å². The van der Waals surface area contributed by atoms with Crippen molar-refractivity contribution in [2.24, 2.45) is 0 Å². The summed E-state index contributed by atoms with van der Waals surface area (Å²) in [6, 6.07) is 0.933. The lowest BCUT2D eigenvalue weighted by Gasteiger charge is -2.41. The van der Waals surface area contributed by atoms with Crippen LogP contribution in [0.15, 0.2) is 0 Å². The third-order valence-corrected chi connectivity index (χ3v) is 3.40. The Morgan fingerprint density at radius 3 is 2.17 bits per heavy atom. The second kappa shape index (κ2) is 3.75. The summed E-state index contributed by atoms with van der Waals surface area (Å²) in [5, 5.41) is 0. The molecule has 2 aliphatic rings. The molecule has 1 aliphatic heterocycles. The van der Waals surface area contributed by atoms with Crippen LogP contribution < -0.4 is 0 Å². The average Bonchev–Trinajstić information content (AvgIpc) is 2.03. The standard InChI is InChI=1S/C10H19NO/c1-12-10-5-7-11(8-6-10)9-3-2-4-9/h9-10H,2-8H2,1H3. The number of piperidine rings is 1. The van der Waals surface area contributed by atoms with E-state index in [9.17, 15) is 0 Å². The van der Waals surface area contributed by atoms with E-state index in [1.165, 1.54) is 45.2 Å². The molecule has 2 heteroatoms. The Morgan fingerprint density at radius 2 is 1.75 bits per heavy atom. The number of rotatable bonds is 2. The predicted octanol–water partition coefficient (Wildman–Crippen LogP) is 1.65. The Hall–Kier alpha value is -0.0800. The summed E-state index contributed by atoms with van der Waals surface area (Å²) >= 11 is 0. The molecule has 2 fully saturated rings. The topological polar surface area (TPSA) is 12.5 Å². The van der Waals surface area contributed by atoms with Gasteiger partial charge in [0.25, 0.3) is 0 Å². The number of ether oxygens (including phenoxy) is 1. The molecule has 12 heavy (non-hydrogen) atoms. The van der Waals surface area contributed by atoms with E-state index in [1.807, 2.05) is 7.11 Å². The second-order valence-electron chi connectivity index (χ2n) is 4.06. The van der Waals surface area contributed by atoms with Gasteiger partial charge >= 0.3 is 0 Å². The summed E-state index contributed by atoms with van der Waals surface area (Å²) < 4.78 is 5.34. The molecule has 0 N–H and O–H groups in total. The third kappa shape index (κ3) is 1.64.